The molecule has 1 unspecified atom stereocenters. The fourth-order valence-corrected chi connectivity index (χ4v) is 1.86. The van der Waals surface area contributed by atoms with Crippen molar-refractivity contribution in [3.05, 3.63) is 0 Å². The summed E-state index contributed by atoms with van der Waals surface area (Å²) in [6.07, 6.45) is 1.67. The summed E-state index contributed by atoms with van der Waals surface area (Å²) in [5, 5.41) is 2.97. The summed E-state index contributed by atoms with van der Waals surface area (Å²) in [5.41, 5.74) is -0.565. The van der Waals surface area contributed by atoms with Crippen molar-refractivity contribution in [1.82, 2.24) is 10.2 Å². The number of hydrogen-bond acceptors (Lipinski definition) is 3. The number of likely N-dealkylation sites (N-methyl/N-ethyl adjacent to an activating group) is 1. The molecule has 0 saturated heterocycles. The van der Waals surface area contributed by atoms with E-state index in [-0.39, 0.29) is 11.9 Å². The van der Waals surface area contributed by atoms with Crippen molar-refractivity contribution in [1.29, 1.82) is 0 Å². The van der Waals surface area contributed by atoms with E-state index >= 15 is 0 Å². The topological polar surface area (TPSA) is 58.6 Å². The molecule has 0 rings (SSSR count). The number of ether oxygens (including phenoxy) is 1. The highest BCUT2D eigenvalue weighted by Crippen LogP contribution is 2.13. The molecule has 5 heteroatoms. The van der Waals surface area contributed by atoms with E-state index < -0.39 is 17.7 Å². The second-order valence-corrected chi connectivity index (χ2v) is 6.83. The van der Waals surface area contributed by atoms with Gasteiger partial charge < -0.3 is 10.1 Å². The third-order valence-corrected chi connectivity index (χ3v) is 3.61. The Kier molecular flexibility index (Phi) is 7.75. The highest BCUT2D eigenvalue weighted by molar-refractivity contribution is 5.85. The molecule has 0 aliphatic heterocycles. The fourth-order valence-electron chi connectivity index (χ4n) is 1.86. The minimum atomic E-state index is -0.565. The number of amides is 2. The van der Waals surface area contributed by atoms with Gasteiger partial charge in [0.05, 0.1) is 0 Å². The zero-order chi connectivity index (χ0) is 16.8. The van der Waals surface area contributed by atoms with Gasteiger partial charge in [-0.25, -0.2) is 4.79 Å². The summed E-state index contributed by atoms with van der Waals surface area (Å²) >= 11 is 0. The van der Waals surface area contributed by atoms with Crippen LogP contribution in [0.3, 0.4) is 0 Å². The number of carbonyl (C=O) groups is 2. The maximum Gasteiger partial charge on any atom is 0.410 e. The van der Waals surface area contributed by atoms with Gasteiger partial charge in [0, 0.05) is 13.1 Å². The number of rotatable bonds is 6. The lowest BCUT2D eigenvalue weighted by atomic mass is 9.98. The lowest BCUT2D eigenvalue weighted by Crippen LogP contribution is -2.50. The van der Waals surface area contributed by atoms with Gasteiger partial charge >= 0.3 is 6.09 Å². The van der Waals surface area contributed by atoms with Crippen LogP contribution in [-0.4, -0.2) is 41.6 Å². The largest absolute Gasteiger partial charge is 0.444 e. The van der Waals surface area contributed by atoms with Crippen LogP contribution < -0.4 is 5.32 Å². The number of hydrogen-bond donors (Lipinski definition) is 1. The average Bonchev–Trinajstić information content (AvgIpc) is 2.34. The van der Waals surface area contributed by atoms with Crippen molar-refractivity contribution >= 4 is 12.0 Å². The summed E-state index contributed by atoms with van der Waals surface area (Å²) in [4.78, 5) is 25.5. The van der Waals surface area contributed by atoms with Crippen molar-refractivity contribution in [3.63, 3.8) is 0 Å². The summed E-state index contributed by atoms with van der Waals surface area (Å²) in [6.45, 7) is 13.4. The highest BCUT2D eigenvalue weighted by atomic mass is 16.6. The molecule has 0 bridgehead atoms. The fraction of sp³-hybridized carbons (Fsp3) is 0.875. The Morgan fingerprint density at radius 1 is 1.19 bits per heavy atom. The Hall–Kier alpha value is -1.26. The van der Waals surface area contributed by atoms with Gasteiger partial charge in [-0.3, -0.25) is 9.69 Å². The third-order valence-electron chi connectivity index (χ3n) is 3.61. The normalized spacial score (nSPS) is 15.8. The smallest absolute Gasteiger partial charge is 0.410 e. The minimum absolute atomic E-state index is 0.0898. The van der Waals surface area contributed by atoms with E-state index in [1.54, 1.807) is 34.7 Å². The lowest BCUT2D eigenvalue weighted by Gasteiger charge is -2.29. The first-order chi connectivity index (χ1) is 9.49. The van der Waals surface area contributed by atoms with E-state index in [1.165, 1.54) is 4.90 Å². The van der Waals surface area contributed by atoms with Gasteiger partial charge in [0.1, 0.15) is 11.6 Å². The van der Waals surface area contributed by atoms with Gasteiger partial charge in [-0.05, 0) is 47.0 Å². The molecule has 2 amide bonds. The van der Waals surface area contributed by atoms with E-state index in [4.69, 9.17) is 4.74 Å². The highest BCUT2D eigenvalue weighted by Gasteiger charge is 2.28. The van der Waals surface area contributed by atoms with E-state index in [1.807, 2.05) is 6.92 Å². The van der Waals surface area contributed by atoms with Crippen molar-refractivity contribution in [2.24, 2.45) is 5.92 Å². The first-order valence-electron chi connectivity index (χ1n) is 7.75. The van der Waals surface area contributed by atoms with E-state index in [9.17, 15) is 9.59 Å². The van der Waals surface area contributed by atoms with Crippen molar-refractivity contribution in [2.75, 3.05) is 7.05 Å². The molecule has 21 heavy (non-hydrogen) atoms. The second-order valence-electron chi connectivity index (χ2n) is 6.83. The molecule has 0 aromatic rings. The van der Waals surface area contributed by atoms with Crippen LogP contribution in [-0.2, 0) is 9.53 Å². The quantitative estimate of drug-likeness (QED) is 0.819. The zero-order valence-electron chi connectivity index (χ0n) is 14.8. The predicted molar refractivity (Wildman–Crippen MR) is 85.1 cm³/mol. The van der Waals surface area contributed by atoms with Gasteiger partial charge in [0.15, 0.2) is 0 Å². The van der Waals surface area contributed by atoms with Crippen LogP contribution in [0.5, 0.6) is 0 Å². The molecule has 5 nitrogen and oxygen atoms in total. The minimum Gasteiger partial charge on any atom is -0.444 e. The Morgan fingerprint density at radius 3 is 2.14 bits per heavy atom. The molecular weight excluding hydrogens is 268 g/mol. The second kappa shape index (κ2) is 8.25. The summed E-state index contributed by atoms with van der Waals surface area (Å²) < 4.78 is 5.27. The molecule has 124 valence electrons. The maximum absolute atomic E-state index is 12.2. The van der Waals surface area contributed by atoms with Crippen molar-refractivity contribution in [3.8, 4) is 0 Å². The van der Waals surface area contributed by atoms with Gasteiger partial charge in [0.2, 0.25) is 5.91 Å². The first-order valence-corrected chi connectivity index (χ1v) is 7.75. The van der Waals surface area contributed by atoms with Crippen molar-refractivity contribution < 1.29 is 14.3 Å². The molecule has 0 saturated carbocycles. The van der Waals surface area contributed by atoms with E-state index in [2.05, 4.69) is 19.2 Å². The molecule has 0 heterocycles. The third kappa shape index (κ3) is 7.34. The Labute approximate surface area is 129 Å². The first kappa shape index (κ1) is 19.7. The molecule has 0 radical (unpaired) electrons. The van der Waals surface area contributed by atoms with Crippen LogP contribution in [0, 0.1) is 5.92 Å². The molecule has 0 aromatic heterocycles. The van der Waals surface area contributed by atoms with Crippen LogP contribution in [0.2, 0.25) is 0 Å². The summed E-state index contributed by atoms with van der Waals surface area (Å²) in [7, 11) is 1.58. The van der Waals surface area contributed by atoms with E-state index in [0.29, 0.717) is 5.92 Å². The Balaban J connectivity index is 4.52. The Morgan fingerprint density at radius 2 is 1.71 bits per heavy atom. The maximum atomic E-state index is 12.2. The molecule has 0 spiro atoms. The van der Waals surface area contributed by atoms with Crippen LogP contribution >= 0.6 is 0 Å². The molecule has 3 atom stereocenters. The number of nitrogens with zero attached hydrogens (tertiary/aromatic N) is 1. The number of nitrogens with one attached hydrogen (secondary N) is 1. The monoisotopic (exact) mass is 300 g/mol. The molecular formula is C16H32N2O3. The number of carbonyl (C=O) groups excluding carboxylic acids is 2. The summed E-state index contributed by atoms with van der Waals surface area (Å²) in [5.74, 6) is 0.261. The van der Waals surface area contributed by atoms with E-state index in [0.717, 1.165) is 12.8 Å². The van der Waals surface area contributed by atoms with Gasteiger partial charge in [-0.2, -0.15) is 0 Å². The summed E-state index contributed by atoms with van der Waals surface area (Å²) in [6, 6.07) is -0.469. The standard InChI is InChI=1S/C16H32N2O3/c1-9-10-11(2)12(3)17-14(19)13(4)18(8)15(20)21-16(5,6)7/h11-13H,9-10H2,1-8H3,(H,17,19)/t11?,12-,13+/m1/s1. The average molecular weight is 300 g/mol. The molecule has 0 aliphatic rings. The lowest BCUT2D eigenvalue weighted by molar-refractivity contribution is -0.126. The Bertz CT molecular complexity index is 350. The molecule has 1 N–H and O–H groups in total. The molecule has 0 aromatic carbocycles. The van der Waals surface area contributed by atoms with Crippen LogP contribution in [0.1, 0.15) is 61.3 Å². The molecule has 0 aliphatic carbocycles. The van der Waals surface area contributed by atoms with Crippen molar-refractivity contribution in [2.45, 2.75) is 79.0 Å². The predicted octanol–water partition coefficient (Wildman–Crippen LogP) is 3.18. The molecule has 0 fully saturated rings. The van der Waals surface area contributed by atoms with Crippen LogP contribution in [0.15, 0.2) is 0 Å². The van der Waals surface area contributed by atoms with Gasteiger partial charge in [0.25, 0.3) is 0 Å². The van der Waals surface area contributed by atoms with Crippen LogP contribution in [0.4, 0.5) is 4.79 Å². The van der Waals surface area contributed by atoms with Crippen LogP contribution in [0.25, 0.3) is 0 Å². The van der Waals surface area contributed by atoms with Gasteiger partial charge in [-0.1, -0.05) is 20.3 Å². The van der Waals surface area contributed by atoms with Gasteiger partial charge in [-0.15, -0.1) is 0 Å². The SMILES string of the molecule is CCCC(C)[C@@H](C)NC(=O)[C@H](C)N(C)C(=O)OC(C)(C)C. The zero-order valence-corrected chi connectivity index (χ0v) is 14.8.